The fraction of sp³-hybridized carbons (Fsp3) is 0.652. The smallest absolute Gasteiger partial charge is 0.345 e. The summed E-state index contributed by atoms with van der Waals surface area (Å²) < 4.78 is 21.3. The van der Waals surface area contributed by atoms with E-state index < -0.39 is 23.0 Å². The number of methoxy groups -OCH3 is 4. The normalized spacial score (nSPS) is 26.9. The molecule has 1 N–H and O–H groups in total. The maximum atomic E-state index is 13.0. The quantitative estimate of drug-likeness (QED) is 0.700. The molecule has 0 aromatic heterocycles. The Hall–Kier alpha value is -2.28. The van der Waals surface area contributed by atoms with Crippen LogP contribution in [0.3, 0.4) is 0 Å². The van der Waals surface area contributed by atoms with Gasteiger partial charge in [-0.05, 0) is 37.5 Å². The van der Waals surface area contributed by atoms with Crippen molar-refractivity contribution in [3.8, 4) is 11.5 Å². The first-order chi connectivity index (χ1) is 14.1. The Labute approximate surface area is 177 Å². The van der Waals surface area contributed by atoms with Crippen molar-refractivity contribution in [2.24, 2.45) is 11.3 Å². The van der Waals surface area contributed by atoms with Gasteiger partial charge in [-0.15, -0.1) is 0 Å². The van der Waals surface area contributed by atoms with Crippen molar-refractivity contribution in [2.45, 2.75) is 58.0 Å². The molecule has 1 aromatic rings. The Kier molecular flexibility index (Phi) is 5.80. The predicted octanol–water partition coefficient (Wildman–Crippen LogP) is 3.80. The van der Waals surface area contributed by atoms with Crippen LogP contribution in [-0.2, 0) is 15.1 Å². The fourth-order valence-corrected chi connectivity index (χ4v) is 5.73. The minimum absolute atomic E-state index is 0.0113. The molecule has 3 rings (SSSR count). The highest BCUT2D eigenvalue weighted by Crippen LogP contribution is 2.70. The van der Waals surface area contributed by atoms with E-state index in [-0.39, 0.29) is 22.8 Å². The van der Waals surface area contributed by atoms with Crippen LogP contribution < -0.4 is 9.47 Å². The van der Waals surface area contributed by atoms with E-state index in [0.717, 1.165) is 19.3 Å². The lowest BCUT2D eigenvalue weighted by Crippen LogP contribution is -2.38. The molecule has 0 bridgehead atoms. The first-order valence-electron chi connectivity index (χ1n) is 10.3. The molecule has 0 amide bonds. The first kappa shape index (κ1) is 22.4. The molecule has 30 heavy (non-hydrogen) atoms. The van der Waals surface area contributed by atoms with Gasteiger partial charge in [0.05, 0.1) is 34.0 Å². The van der Waals surface area contributed by atoms with Gasteiger partial charge in [0.25, 0.3) is 0 Å². The van der Waals surface area contributed by atoms with Gasteiger partial charge in [-0.25, -0.2) is 9.59 Å². The molecule has 7 heteroatoms. The van der Waals surface area contributed by atoms with Crippen LogP contribution in [0.5, 0.6) is 11.5 Å². The van der Waals surface area contributed by atoms with Crippen molar-refractivity contribution in [3.05, 3.63) is 22.3 Å². The number of hydrogen-bond acceptors (Lipinski definition) is 7. The zero-order valence-electron chi connectivity index (χ0n) is 18.9. The number of carbonyl (C=O) groups is 2. The summed E-state index contributed by atoms with van der Waals surface area (Å²) in [6.45, 7) is 6.30. The standard InChI is InChI=1S/C23H32O7/c1-12(2)11-13-14-17(23(26)10-8-9-22(13,23)3)15(20(24)29-6)19(28-5)16(18(14)27-4)21(25)30-7/h12-13,26H,8-11H2,1-7H3/t13-,22+,23+/m0/s1. The van der Waals surface area contributed by atoms with E-state index in [4.69, 9.17) is 18.9 Å². The van der Waals surface area contributed by atoms with E-state index in [1.165, 1.54) is 28.4 Å². The first-order valence-corrected chi connectivity index (χ1v) is 10.3. The zero-order chi connectivity index (χ0) is 22.4. The van der Waals surface area contributed by atoms with Gasteiger partial charge in [-0.1, -0.05) is 20.8 Å². The number of benzene rings is 1. The van der Waals surface area contributed by atoms with Gasteiger partial charge in [0.1, 0.15) is 16.9 Å². The summed E-state index contributed by atoms with van der Waals surface area (Å²) >= 11 is 0. The largest absolute Gasteiger partial charge is 0.495 e. The maximum Gasteiger partial charge on any atom is 0.345 e. The van der Waals surface area contributed by atoms with Crippen LogP contribution in [0.15, 0.2) is 0 Å². The summed E-state index contributed by atoms with van der Waals surface area (Å²) in [6.07, 6.45) is 2.93. The molecule has 0 aliphatic heterocycles. The van der Waals surface area contributed by atoms with Crippen LogP contribution in [0, 0.1) is 11.3 Å². The molecule has 0 unspecified atom stereocenters. The van der Waals surface area contributed by atoms with Crippen LogP contribution in [0.2, 0.25) is 0 Å². The van der Waals surface area contributed by atoms with Crippen LogP contribution in [-0.4, -0.2) is 45.5 Å². The summed E-state index contributed by atoms with van der Waals surface area (Å²) in [4.78, 5) is 25.7. The van der Waals surface area contributed by atoms with Crippen LogP contribution in [0.4, 0.5) is 0 Å². The second-order valence-corrected chi connectivity index (χ2v) is 8.90. The highest BCUT2D eigenvalue weighted by atomic mass is 16.5. The van der Waals surface area contributed by atoms with E-state index in [9.17, 15) is 14.7 Å². The molecule has 1 aromatic carbocycles. The number of aliphatic hydroxyl groups is 1. The molecule has 3 atom stereocenters. The Balaban J connectivity index is 2.54. The second-order valence-electron chi connectivity index (χ2n) is 8.90. The molecule has 2 aliphatic rings. The van der Waals surface area contributed by atoms with Gasteiger partial charge in [0.15, 0.2) is 5.75 Å². The monoisotopic (exact) mass is 420 g/mol. The Morgan fingerprint density at radius 2 is 1.57 bits per heavy atom. The third kappa shape index (κ3) is 2.82. The van der Waals surface area contributed by atoms with E-state index in [0.29, 0.717) is 29.2 Å². The lowest BCUT2D eigenvalue weighted by Gasteiger charge is -2.39. The highest BCUT2D eigenvalue weighted by molar-refractivity contribution is 6.05. The summed E-state index contributed by atoms with van der Waals surface area (Å²) in [5.74, 6) is -0.795. The van der Waals surface area contributed by atoms with Gasteiger partial charge in [0.2, 0.25) is 0 Å². The van der Waals surface area contributed by atoms with Crippen LogP contribution >= 0.6 is 0 Å². The van der Waals surface area contributed by atoms with Gasteiger partial charge >= 0.3 is 11.9 Å². The van der Waals surface area contributed by atoms with Crippen molar-refractivity contribution in [3.63, 3.8) is 0 Å². The molecule has 1 saturated carbocycles. The summed E-state index contributed by atoms with van der Waals surface area (Å²) in [6, 6.07) is 0. The molecule has 0 spiro atoms. The minimum atomic E-state index is -1.25. The van der Waals surface area contributed by atoms with Gasteiger partial charge < -0.3 is 24.1 Å². The third-order valence-electron chi connectivity index (χ3n) is 7.05. The average molecular weight is 421 g/mol. The van der Waals surface area contributed by atoms with Gasteiger partial charge in [-0.3, -0.25) is 0 Å². The Morgan fingerprint density at radius 3 is 2.07 bits per heavy atom. The molecule has 166 valence electrons. The molecule has 7 nitrogen and oxygen atoms in total. The molecule has 1 fully saturated rings. The van der Waals surface area contributed by atoms with Crippen molar-refractivity contribution in [2.75, 3.05) is 28.4 Å². The second kappa shape index (κ2) is 7.76. The molecule has 0 radical (unpaired) electrons. The Bertz CT molecular complexity index is 875. The zero-order valence-corrected chi connectivity index (χ0v) is 18.9. The Morgan fingerprint density at radius 1 is 1.00 bits per heavy atom. The van der Waals surface area contributed by atoms with Crippen molar-refractivity contribution >= 4 is 11.9 Å². The fourth-order valence-electron chi connectivity index (χ4n) is 5.73. The van der Waals surface area contributed by atoms with E-state index in [1.807, 2.05) is 0 Å². The van der Waals surface area contributed by atoms with E-state index in [1.54, 1.807) is 0 Å². The van der Waals surface area contributed by atoms with Crippen molar-refractivity contribution in [1.29, 1.82) is 0 Å². The van der Waals surface area contributed by atoms with E-state index in [2.05, 4.69) is 20.8 Å². The summed E-state index contributed by atoms with van der Waals surface area (Å²) in [5.41, 5.74) is -0.463. The molecular formula is C23H32O7. The number of fused-ring (bicyclic) bond motifs is 3. The van der Waals surface area contributed by atoms with Crippen molar-refractivity contribution < 1.29 is 33.6 Å². The highest BCUT2D eigenvalue weighted by Gasteiger charge is 2.65. The predicted molar refractivity (Wildman–Crippen MR) is 110 cm³/mol. The lowest BCUT2D eigenvalue weighted by atomic mass is 9.68. The molecular weight excluding hydrogens is 388 g/mol. The average Bonchev–Trinajstić information content (AvgIpc) is 3.12. The molecule has 0 heterocycles. The lowest BCUT2D eigenvalue weighted by molar-refractivity contribution is -0.0586. The van der Waals surface area contributed by atoms with Crippen LogP contribution in [0.25, 0.3) is 0 Å². The summed E-state index contributed by atoms with van der Waals surface area (Å²) in [7, 11) is 5.39. The SMILES string of the molecule is COC(=O)c1c(OC)c(C(=O)OC)c2c(c1OC)[C@H](CC(C)C)[C@@]1(C)CCC[C@@]21O. The number of esters is 2. The number of rotatable bonds is 6. The van der Waals surface area contributed by atoms with Crippen molar-refractivity contribution in [1.82, 2.24) is 0 Å². The molecule has 2 aliphatic carbocycles. The number of ether oxygens (including phenoxy) is 4. The number of hydrogen-bond donors (Lipinski definition) is 1. The minimum Gasteiger partial charge on any atom is -0.495 e. The number of carbonyl (C=O) groups excluding carboxylic acids is 2. The topological polar surface area (TPSA) is 91.3 Å². The summed E-state index contributed by atoms with van der Waals surface area (Å²) in [5, 5.41) is 12.0. The third-order valence-corrected chi connectivity index (χ3v) is 7.05. The van der Waals surface area contributed by atoms with Gasteiger partial charge in [-0.2, -0.15) is 0 Å². The van der Waals surface area contributed by atoms with E-state index >= 15 is 0 Å². The maximum absolute atomic E-state index is 13.0. The van der Waals surface area contributed by atoms with Gasteiger partial charge in [0, 0.05) is 16.5 Å². The van der Waals surface area contributed by atoms with Crippen LogP contribution in [0.1, 0.15) is 84.2 Å². The molecule has 0 saturated heterocycles.